The minimum absolute atomic E-state index is 0.370. The van der Waals surface area contributed by atoms with Crippen LogP contribution < -0.4 is 5.73 Å². The van der Waals surface area contributed by atoms with E-state index in [0.717, 1.165) is 41.9 Å². The predicted octanol–water partition coefficient (Wildman–Crippen LogP) is 3.57. The predicted molar refractivity (Wildman–Crippen MR) is 85.6 cm³/mol. The van der Waals surface area contributed by atoms with Crippen LogP contribution in [0.15, 0.2) is 0 Å². The van der Waals surface area contributed by atoms with Gasteiger partial charge in [0.05, 0.1) is 5.39 Å². The fraction of sp³-hybridized carbons (Fsp3) is 0.625. The molecule has 2 aromatic heterocycles. The molecule has 1 saturated heterocycles. The van der Waals surface area contributed by atoms with Gasteiger partial charge in [-0.25, -0.2) is 9.97 Å². The van der Waals surface area contributed by atoms with Crippen molar-refractivity contribution in [2.45, 2.75) is 57.5 Å². The van der Waals surface area contributed by atoms with Crippen molar-refractivity contribution < 1.29 is 4.74 Å². The summed E-state index contributed by atoms with van der Waals surface area (Å²) in [6.07, 6.45) is 8.08. The molecular weight excluding hydrogens is 282 g/mol. The number of hydrogen-bond donors (Lipinski definition) is 1. The van der Waals surface area contributed by atoms with Gasteiger partial charge in [-0.05, 0) is 57.4 Å². The smallest absolute Gasteiger partial charge is 0.163 e. The number of rotatable bonds is 1. The average molecular weight is 303 g/mol. The lowest BCUT2D eigenvalue weighted by atomic mass is 9.94. The van der Waals surface area contributed by atoms with Crippen LogP contribution in [0.2, 0.25) is 0 Å². The number of aryl methyl sites for hydroxylation is 2. The molecule has 0 saturated carbocycles. The lowest BCUT2D eigenvalue weighted by Crippen LogP contribution is -2.32. The van der Waals surface area contributed by atoms with Gasteiger partial charge in [0.15, 0.2) is 5.82 Å². The van der Waals surface area contributed by atoms with Crippen LogP contribution in [-0.2, 0) is 23.2 Å². The van der Waals surface area contributed by atoms with Crippen LogP contribution in [0.4, 0.5) is 5.82 Å². The molecule has 2 aromatic rings. The summed E-state index contributed by atoms with van der Waals surface area (Å²) in [5, 5.41) is 1.11. The van der Waals surface area contributed by atoms with Crippen LogP contribution in [0, 0.1) is 0 Å². The number of thiophene rings is 1. The van der Waals surface area contributed by atoms with E-state index >= 15 is 0 Å². The maximum Gasteiger partial charge on any atom is 0.163 e. The van der Waals surface area contributed by atoms with Crippen LogP contribution in [0.25, 0.3) is 10.2 Å². The highest BCUT2D eigenvalue weighted by molar-refractivity contribution is 7.19. The van der Waals surface area contributed by atoms with Crippen molar-refractivity contribution in [3.8, 4) is 0 Å². The largest absolute Gasteiger partial charge is 0.383 e. The monoisotopic (exact) mass is 303 g/mol. The Hall–Kier alpha value is -1.20. The third-order valence-electron chi connectivity index (χ3n) is 4.78. The van der Waals surface area contributed by atoms with Gasteiger partial charge in [-0.1, -0.05) is 0 Å². The first-order valence-corrected chi connectivity index (χ1v) is 8.71. The van der Waals surface area contributed by atoms with Crippen molar-refractivity contribution in [2.24, 2.45) is 0 Å². The van der Waals surface area contributed by atoms with Gasteiger partial charge in [0.25, 0.3) is 0 Å². The minimum Gasteiger partial charge on any atom is -0.383 e. The molecule has 0 aromatic carbocycles. The molecule has 21 heavy (non-hydrogen) atoms. The van der Waals surface area contributed by atoms with E-state index in [1.165, 1.54) is 36.1 Å². The number of hydrogen-bond acceptors (Lipinski definition) is 5. The SMILES string of the molecule is CC1(c2nc(N)c3c4c(sc3n2)CCCC4)CCCCO1. The standard InChI is InChI=1S/C16H21N3OS/c1-16(8-4-5-9-20-16)15-18-13(17)12-10-6-2-3-7-11(10)21-14(12)19-15/h2-9H2,1H3,(H2,17,18,19). The molecular formula is C16H21N3OS. The maximum atomic E-state index is 6.29. The number of anilines is 1. The fourth-order valence-electron chi connectivity index (χ4n) is 3.53. The first kappa shape index (κ1) is 13.5. The molecule has 112 valence electrons. The highest BCUT2D eigenvalue weighted by atomic mass is 32.1. The molecule has 1 fully saturated rings. The summed E-state index contributed by atoms with van der Waals surface area (Å²) in [5.74, 6) is 1.41. The van der Waals surface area contributed by atoms with E-state index < -0.39 is 0 Å². The lowest BCUT2D eigenvalue weighted by Gasteiger charge is -2.32. The normalized spacial score (nSPS) is 26.0. The number of nitrogens with two attached hydrogens (primary N) is 1. The highest BCUT2D eigenvalue weighted by Gasteiger charge is 2.34. The molecule has 5 heteroatoms. The van der Waals surface area contributed by atoms with E-state index in [2.05, 4.69) is 11.9 Å². The van der Waals surface area contributed by atoms with E-state index in [-0.39, 0.29) is 5.60 Å². The molecule has 2 aliphatic rings. The Morgan fingerprint density at radius 1 is 1.14 bits per heavy atom. The molecule has 2 N–H and O–H groups in total. The Morgan fingerprint density at radius 3 is 2.81 bits per heavy atom. The van der Waals surface area contributed by atoms with E-state index in [4.69, 9.17) is 15.5 Å². The summed E-state index contributed by atoms with van der Waals surface area (Å²) in [5.41, 5.74) is 7.32. The Balaban J connectivity index is 1.85. The molecule has 3 heterocycles. The topological polar surface area (TPSA) is 61.0 Å². The van der Waals surface area contributed by atoms with Crippen LogP contribution in [0.3, 0.4) is 0 Å². The third-order valence-corrected chi connectivity index (χ3v) is 5.97. The maximum absolute atomic E-state index is 6.29. The summed E-state index contributed by atoms with van der Waals surface area (Å²) < 4.78 is 5.98. The first-order chi connectivity index (χ1) is 10.2. The molecule has 1 aliphatic carbocycles. The molecule has 1 unspecified atom stereocenters. The van der Waals surface area contributed by atoms with Crippen molar-refractivity contribution in [3.05, 3.63) is 16.3 Å². The zero-order chi connectivity index (χ0) is 14.4. The Labute approximate surface area is 128 Å². The first-order valence-electron chi connectivity index (χ1n) is 7.89. The minimum atomic E-state index is -0.370. The number of fused-ring (bicyclic) bond motifs is 3. The van der Waals surface area contributed by atoms with E-state index in [1.807, 2.05) is 0 Å². The van der Waals surface area contributed by atoms with E-state index in [1.54, 1.807) is 11.3 Å². The van der Waals surface area contributed by atoms with Crippen molar-refractivity contribution in [3.63, 3.8) is 0 Å². The molecule has 4 rings (SSSR count). The van der Waals surface area contributed by atoms with Crippen molar-refractivity contribution in [1.29, 1.82) is 0 Å². The Morgan fingerprint density at radius 2 is 2.00 bits per heavy atom. The van der Waals surface area contributed by atoms with E-state index in [0.29, 0.717) is 5.82 Å². The van der Waals surface area contributed by atoms with Crippen LogP contribution in [0.5, 0.6) is 0 Å². The summed E-state index contributed by atoms with van der Waals surface area (Å²) >= 11 is 1.80. The highest BCUT2D eigenvalue weighted by Crippen LogP contribution is 2.40. The van der Waals surface area contributed by atoms with Gasteiger partial charge in [-0.3, -0.25) is 0 Å². The van der Waals surface area contributed by atoms with Crippen molar-refractivity contribution in [2.75, 3.05) is 12.3 Å². The van der Waals surface area contributed by atoms with Crippen LogP contribution in [0.1, 0.15) is 55.3 Å². The van der Waals surface area contributed by atoms with Gasteiger partial charge >= 0.3 is 0 Å². The molecule has 0 bridgehead atoms. The number of nitrogens with zero attached hydrogens (tertiary/aromatic N) is 2. The second kappa shape index (κ2) is 4.92. The Bertz CT molecular complexity index is 688. The fourth-order valence-corrected chi connectivity index (χ4v) is 4.80. The number of ether oxygens (including phenoxy) is 1. The summed E-state index contributed by atoms with van der Waals surface area (Å²) in [6, 6.07) is 0. The molecule has 4 nitrogen and oxygen atoms in total. The van der Waals surface area contributed by atoms with Crippen LogP contribution >= 0.6 is 11.3 Å². The summed E-state index contributed by atoms with van der Waals surface area (Å²) in [7, 11) is 0. The van der Waals surface area contributed by atoms with Crippen LogP contribution in [-0.4, -0.2) is 16.6 Å². The summed E-state index contributed by atoms with van der Waals surface area (Å²) in [4.78, 5) is 12.0. The Kier molecular flexibility index (Phi) is 3.15. The third kappa shape index (κ3) is 2.14. The van der Waals surface area contributed by atoms with Gasteiger partial charge in [0.1, 0.15) is 16.2 Å². The average Bonchev–Trinajstić information content (AvgIpc) is 2.87. The van der Waals surface area contributed by atoms with Gasteiger partial charge in [0, 0.05) is 11.5 Å². The summed E-state index contributed by atoms with van der Waals surface area (Å²) in [6.45, 7) is 2.89. The van der Waals surface area contributed by atoms with Gasteiger partial charge in [-0.2, -0.15) is 0 Å². The molecule has 1 atom stereocenters. The molecule has 0 amide bonds. The molecule has 0 spiro atoms. The zero-order valence-corrected chi connectivity index (χ0v) is 13.3. The van der Waals surface area contributed by atoms with E-state index in [9.17, 15) is 0 Å². The van der Waals surface area contributed by atoms with Crippen molar-refractivity contribution in [1.82, 2.24) is 9.97 Å². The molecule has 0 radical (unpaired) electrons. The second-order valence-electron chi connectivity index (χ2n) is 6.36. The van der Waals surface area contributed by atoms with Crippen molar-refractivity contribution >= 4 is 27.4 Å². The number of aromatic nitrogens is 2. The van der Waals surface area contributed by atoms with Gasteiger partial charge < -0.3 is 10.5 Å². The lowest BCUT2D eigenvalue weighted by molar-refractivity contribution is -0.0757. The van der Waals surface area contributed by atoms with Gasteiger partial charge in [-0.15, -0.1) is 11.3 Å². The zero-order valence-electron chi connectivity index (χ0n) is 12.4. The second-order valence-corrected chi connectivity index (χ2v) is 7.44. The quantitative estimate of drug-likeness (QED) is 0.875. The molecule has 1 aliphatic heterocycles. The number of nitrogen functional groups attached to an aromatic ring is 1. The van der Waals surface area contributed by atoms with Gasteiger partial charge in [0.2, 0.25) is 0 Å².